The van der Waals surface area contributed by atoms with Crippen LogP contribution >= 0.6 is 0 Å². The first-order valence-corrected chi connectivity index (χ1v) is 8.25. The van der Waals surface area contributed by atoms with Crippen molar-refractivity contribution in [1.29, 1.82) is 0 Å². The number of hydrogen-bond acceptors (Lipinski definition) is 2. The van der Waals surface area contributed by atoms with Crippen LogP contribution in [0, 0.1) is 0 Å². The maximum absolute atomic E-state index is 14.0. The van der Waals surface area contributed by atoms with Crippen molar-refractivity contribution in [2.45, 2.75) is 56.3 Å². The van der Waals surface area contributed by atoms with Crippen LogP contribution in [0.5, 0.6) is 0 Å². The van der Waals surface area contributed by atoms with Crippen molar-refractivity contribution in [3.05, 3.63) is 0 Å². The third-order valence-corrected chi connectivity index (χ3v) is 4.61. The molecule has 0 N–H and O–H groups in total. The molecule has 0 aromatic carbocycles. The lowest BCUT2D eigenvalue weighted by Gasteiger charge is -2.37. The first-order chi connectivity index (χ1) is 11.5. The standard InChI is InChI=1S/C15H20F6N2O2/c16-13(17,11(24)22-7-3-1-4-8-22)15(20,21)14(18,19)12(25)23-9-5-2-6-10-23/h1-10H2. The van der Waals surface area contributed by atoms with E-state index in [1.807, 2.05) is 0 Å². The number of piperidine rings is 2. The summed E-state index contributed by atoms with van der Waals surface area (Å²) in [6.45, 7) is -0.793. The van der Waals surface area contributed by atoms with Crippen LogP contribution in [-0.4, -0.2) is 65.6 Å². The quantitative estimate of drug-likeness (QED) is 0.710. The van der Waals surface area contributed by atoms with Crippen LogP contribution < -0.4 is 0 Å². The van der Waals surface area contributed by atoms with E-state index in [-0.39, 0.29) is 26.2 Å². The van der Waals surface area contributed by atoms with Gasteiger partial charge in [-0.15, -0.1) is 0 Å². The van der Waals surface area contributed by atoms with Crippen LogP contribution in [0.25, 0.3) is 0 Å². The molecule has 25 heavy (non-hydrogen) atoms. The van der Waals surface area contributed by atoms with Gasteiger partial charge in [0.25, 0.3) is 11.8 Å². The molecule has 0 aliphatic carbocycles. The summed E-state index contributed by atoms with van der Waals surface area (Å²) in [5.41, 5.74) is 0. The lowest BCUT2D eigenvalue weighted by molar-refractivity contribution is -0.293. The normalized spacial score (nSPS) is 20.6. The average Bonchev–Trinajstić information content (AvgIpc) is 2.61. The second-order valence-electron chi connectivity index (χ2n) is 6.43. The molecule has 2 aliphatic heterocycles. The molecule has 4 nitrogen and oxygen atoms in total. The molecule has 0 aromatic heterocycles. The van der Waals surface area contributed by atoms with Gasteiger partial charge in [-0.2, -0.15) is 26.3 Å². The van der Waals surface area contributed by atoms with Crippen molar-refractivity contribution in [3.8, 4) is 0 Å². The van der Waals surface area contributed by atoms with E-state index >= 15 is 0 Å². The molecule has 0 atom stereocenters. The smallest absolute Gasteiger partial charge is 0.337 e. The van der Waals surface area contributed by atoms with Crippen LogP contribution in [0.3, 0.4) is 0 Å². The number of amides is 2. The highest BCUT2D eigenvalue weighted by molar-refractivity contribution is 5.90. The van der Waals surface area contributed by atoms with Crippen molar-refractivity contribution in [2.75, 3.05) is 26.2 Å². The molecule has 0 spiro atoms. The van der Waals surface area contributed by atoms with Gasteiger partial charge < -0.3 is 9.80 Å². The van der Waals surface area contributed by atoms with Gasteiger partial charge in [-0.1, -0.05) is 0 Å². The number of nitrogens with zero attached hydrogens (tertiary/aromatic N) is 2. The number of carbonyl (C=O) groups is 2. The van der Waals surface area contributed by atoms with E-state index in [2.05, 4.69) is 0 Å². The summed E-state index contributed by atoms with van der Waals surface area (Å²) in [6.07, 6.45) is 2.59. The predicted molar refractivity (Wildman–Crippen MR) is 75.7 cm³/mol. The maximum Gasteiger partial charge on any atom is 0.393 e. The van der Waals surface area contributed by atoms with Crippen LogP contribution in [-0.2, 0) is 9.59 Å². The summed E-state index contributed by atoms with van der Waals surface area (Å²) in [7, 11) is 0. The fourth-order valence-corrected chi connectivity index (χ4v) is 3.06. The Labute approximate surface area is 141 Å². The molecule has 0 saturated carbocycles. The summed E-state index contributed by atoms with van der Waals surface area (Å²) < 4.78 is 84.0. The lowest BCUT2D eigenvalue weighted by Crippen LogP contribution is -2.66. The average molecular weight is 374 g/mol. The molecular weight excluding hydrogens is 354 g/mol. The first-order valence-electron chi connectivity index (χ1n) is 8.25. The monoisotopic (exact) mass is 374 g/mol. The zero-order chi connectivity index (χ0) is 18.9. The highest BCUT2D eigenvalue weighted by atomic mass is 19.3. The van der Waals surface area contributed by atoms with Crippen molar-refractivity contribution >= 4 is 11.8 Å². The largest absolute Gasteiger partial charge is 0.393 e. The van der Waals surface area contributed by atoms with E-state index in [9.17, 15) is 35.9 Å². The minimum absolute atomic E-state index is 0.198. The van der Waals surface area contributed by atoms with Gasteiger partial charge in [0.1, 0.15) is 0 Å². The fraction of sp³-hybridized carbons (Fsp3) is 0.867. The lowest BCUT2D eigenvalue weighted by atomic mass is 9.99. The maximum atomic E-state index is 14.0. The number of carbonyl (C=O) groups excluding carboxylic acids is 2. The summed E-state index contributed by atoms with van der Waals surface area (Å²) in [6, 6.07) is 0. The van der Waals surface area contributed by atoms with E-state index in [4.69, 9.17) is 0 Å². The molecule has 2 rings (SSSR count). The van der Waals surface area contributed by atoms with Gasteiger partial charge in [-0.3, -0.25) is 9.59 Å². The Bertz CT molecular complexity index is 470. The molecule has 0 aromatic rings. The van der Waals surface area contributed by atoms with Gasteiger partial charge in [0.15, 0.2) is 0 Å². The number of halogens is 6. The highest BCUT2D eigenvalue weighted by Crippen LogP contribution is 2.47. The Morgan fingerprint density at radius 2 is 0.840 bits per heavy atom. The van der Waals surface area contributed by atoms with Crippen LogP contribution in [0.2, 0.25) is 0 Å². The van der Waals surface area contributed by atoms with Gasteiger partial charge in [-0.05, 0) is 38.5 Å². The molecule has 2 amide bonds. The number of alkyl halides is 6. The summed E-state index contributed by atoms with van der Waals surface area (Å²) in [4.78, 5) is 24.4. The zero-order valence-electron chi connectivity index (χ0n) is 13.5. The zero-order valence-corrected chi connectivity index (χ0v) is 13.5. The Balaban J connectivity index is 2.23. The van der Waals surface area contributed by atoms with E-state index in [0.29, 0.717) is 48.3 Å². The molecule has 2 saturated heterocycles. The fourth-order valence-electron chi connectivity index (χ4n) is 3.06. The molecule has 2 aliphatic rings. The Morgan fingerprint density at radius 1 is 0.560 bits per heavy atom. The first kappa shape index (κ1) is 19.8. The summed E-state index contributed by atoms with van der Waals surface area (Å²) in [5.74, 6) is -22.2. The third-order valence-electron chi connectivity index (χ3n) is 4.61. The molecule has 0 radical (unpaired) electrons. The number of likely N-dealkylation sites (tertiary alicyclic amines) is 2. The van der Waals surface area contributed by atoms with Crippen molar-refractivity contribution in [2.24, 2.45) is 0 Å². The van der Waals surface area contributed by atoms with Crippen molar-refractivity contribution in [3.63, 3.8) is 0 Å². The summed E-state index contributed by atoms with van der Waals surface area (Å²) in [5, 5.41) is 0. The van der Waals surface area contributed by atoms with Crippen molar-refractivity contribution < 1.29 is 35.9 Å². The Kier molecular flexibility index (Phi) is 5.58. The minimum Gasteiger partial charge on any atom is -0.337 e. The van der Waals surface area contributed by atoms with Crippen LogP contribution in [0.1, 0.15) is 38.5 Å². The van der Waals surface area contributed by atoms with E-state index in [0.717, 1.165) is 0 Å². The second-order valence-corrected chi connectivity index (χ2v) is 6.43. The highest BCUT2D eigenvalue weighted by Gasteiger charge is 2.78. The molecular formula is C15H20F6N2O2. The van der Waals surface area contributed by atoms with E-state index in [1.165, 1.54) is 0 Å². The molecule has 10 heteroatoms. The molecule has 2 heterocycles. The SMILES string of the molecule is O=C(N1CCCCC1)C(F)(F)C(F)(F)C(F)(F)C(=O)N1CCCCC1. The minimum atomic E-state index is -6.11. The van der Waals surface area contributed by atoms with Gasteiger partial charge in [0.2, 0.25) is 0 Å². The Morgan fingerprint density at radius 3 is 1.12 bits per heavy atom. The molecule has 0 bridgehead atoms. The van der Waals surface area contributed by atoms with Gasteiger partial charge >= 0.3 is 17.8 Å². The number of rotatable bonds is 4. The van der Waals surface area contributed by atoms with E-state index < -0.39 is 29.6 Å². The Hall–Kier alpha value is -1.48. The van der Waals surface area contributed by atoms with Crippen molar-refractivity contribution in [1.82, 2.24) is 9.80 Å². The third kappa shape index (κ3) is 3.44. The predicted octanol–water partition coefficient (Wildman–Crippen LogP) is 2.92. The topological polar surface area (TPSA) is 40.6 Å². The molecule has 144 valence electrons. The molecule has 0 unspecified atom stereocenters. The van der Waals surface area contributed by atoms with Crippen LogP contribution in [0.4, 0.5) is 26.3 Å². The van der Waals surface area contributed by atoms with Gasteiger partial charge in [-0.25, -0.2) is 0 Å². The number of hydrogen-bond donors (Lipinski definition) is 0. The van der Waals surface area contributed by atoms with Gasteiger partial charge in [0.05, 0.1) is 0 Å². The van der Waals surface area contributed by atoms with Gasteiger partial charge in [0, 0.05) is 26.2 Å². The van der Waals surface area contributed by atoms with Crippen LogP contribution in [0.15, 0.2) is 0 Å². The second kappa shape index (κ2) is 7.03. The van der Waals surface area contributed by atoms with E-state index in [1.54, 1.807) is 0 Å². The summed E-state index contributed by atoms with van der Waals surface area (Å²) >= 11 is 0. The molecule has 2 fully saturated rings.